The molecule has 2 aromatic rings. The third-order valence-electron chi connectivity index (χ3n) is 4.56. The fraction of sp³-hybridized carbons (Fsp3) is 0.316. The van der Waals surface area contributed by atoms with Crippen LogP contribution in [0.25, 0.3) is 0 Å². The summed E-state index contributed by atoms with van der Waals surface area (Å²) < 4.78 is 5.08. The Kier molecular flexibility index (Phi) is 5.48. The van der Waals surface area contributed by atoms with Gasteiger partial charge in [-0.15, -0.1) is 0 Å². The minimum Gasteiger partial charge on any atom is -0.481 e. The molecule has 1 aromatic heterocycles. The zero-order valence-electron chi connectivity index (χ0n) is 14.6. The Labute approximate surface area is 152 Å². The van der Waals surface area contributed by atoms with E-state index in [0.717, 1.165) is 5.56 Å². The van der Waals surface area contributed by atoms with E-state index in [-0.39, 0.29) is 5.91 Å². The zero-order valence-corrected chi connectivity index (χ0v) is 14.6. The van der Waals surface area contributed by atoms with Crippen molar-refractivity contribution in [3.8, 4) is 5.88 Å². The number of amides is 2. The van der Waals surface area contributed by atoms with E-state index in [9.17, 15) is 9.59 Å². The number of pyridine rings is 1. The summed E-state index contributed by atoms with van der Waals surface area (Å²) in [6, 6.07) is 12.2. The van der Waals surface area contributed by atoms with Crippen LogP contribution < -0.4 is 15.8 Å². The zero-order chi connectivity index (χ0) is 18.5. The summed E-state index contributed by atoms with van der Waals surface area (Å²) in [5, 5.41) is 2.88. The van der Waals surface area contributed by atoms with Crippen molar-refractivity contribution in [2.24, 2.45) is 5.73 Å². The number of methoxy groups -OCH3 is 1. The van der Waals surface area contributed by atoms with E-state index in [0.29, 0.717) is 31.0 Å². The molecule has 3 rings (SSSR count). The summed E-state index contributed by atoms with van der Waals surface area (Å²) in [5.74, 6) is -0.148. The molecular weight excluding hydrogens is 332 g/mol. The Bertz CT molecular complexity index is 781. The number of nitrogens with zero attached hydrogens (tertiary/aromatic N) is 2. The molecule has 0 aliphatic carbocycles. The molecule has 2 atom stereocenters. The number of nitrogens with two attached hydrogens (primary N) is 1. The van der Waals surface area contributed by atoms with Crippen LogP contribution in [-0.2, 0) is 16.1 Å². The highest BCUT2D eigenvalue weighted by molar-refractivity contribution is 5.96. The van der Waals surface area contributed by atoms with Crippen molar-refractivity contribution in [1.29, 1.82) is 0 Å². The average molecular weight is 354 g/mol. The van der Waals surface area contributed by atoms with Crippen LogP contribution in [0.4, 0.5) is 5.69 Å². The number of hydrogen-bond acceptors (Lipinski definition) is 5. The van der Waals surface area contributed by atoms with Crippen LogP contribution >= 0.6 is 0 Å². The van der Waals surface area contributed by atoms with E-state index < -0.39 is 18.0 Å². The summed E-state index contributed by atoms with van der Waals surface area (Å²) in [4.78, 5) is 30.6. The van der Waals surface area contributed by atoms with Crippen LogP contribution in [0.15, 0.2) is 48.7 Å². The topological polar surface area (TPSA) is 97.5 Å². The number of carbonyl (C=O) groups is 2. The van der Waals surface area contributed by atoms with Crippen molar-refractivity contribution in [2.45, 2.75) is 31.5 Å². The van der Waals surface area contributed by atoms with Crippen molar-refractivity contribution >= 4 is 17.5 Å². The molecule has 1 fully saturated rings. The number of aromatic nitrogens is 1. The maximum absolute atomic E-state index is 12.8. The summed E-state index contributed by atoms with van der Waals surface area (Å²) in [7, 11) is 1.52. The lowest BCUT2D eigenvalue weighted by molar-refractivity contribution is -0.125. The van der Waals surface area contributed by atoms with Gasteiger partial charge >= 0.3 is 0 Å². The second kappa shape index (κ2) is 7.97. The highest BCUT2D eigenvalue weighted by atomic mass is 16.5. The number of hydrogen-bond donors (Lipinski definition) is 2. The van der Waals surface area contributed by atoms with Crippen molar-refractivity contribution in [3.05, 3.63) is 54.2 Å². The average Bonchev–Trinajstić information content (AvgIpc) is 3.06. The van der Waals surface area contributed by atoms with Gasteiger partial charge in [0.1, 0.15) is 0 Å². The molecule has 26 heavy (non-hydrogen) atoms. The van der Waals surface area contributed by atoms with Gasteiger partial charge in [0.05, 0.1) is 19.2 Å². The largest absolute Gasteiger partial charge is 0.481 e. The molecule has 0 spiro atoms. The third kappa shape index (κ3) is 4.00. The first-order valence-electron chi connectivity index (χ1n) is 8.48. The van der Waals surface area contributed by atoms with Crippen molar-refractivity contribution in [2.75, 3.05) is 12.4 Å². The van der Waals surface area contributed by atoms with Gasteiger partial charge in [-0.3, -0.25) is 14.5 Å². The van der Waals surface area contributed by atoms with Crippen LogP contribution in [-0.4, -0.2) is 40.9 Å². The van der Waals surface area contributed by atoms with Crippen molar-refractivity contribution < 1.29 is 14.3 Å². The molecule has 1 aliphatic heterocycles. The summed E-state index contributed by atoms with van der Waals surface area (Å²) in [6.07, 6.45) is 2.71. The van der Waals surface area contributed by atoms with Gasteiger partial charge in [-0.2, -0.15) is 0 Å². The number of anilines is 1. The molecule has 0 radical (unpaired) electrons. The number of nitrogens with one attached hydrogen (secondary N) is 1. The Morgan fingerprint density at radius 1 is 1.23 bits per heavy atom. The van der Waals surface area contributed by atoms with Gasteiger partial charge in [-0.05, 0) is 24.5 Å². The Morgan fingerprint density at radius 3 is 2.65 bits per heavy atom. The molecule has 2 heterocycles. The molecular formula is C19H22N4O3. The first kappa shape index (κ1) is 17.9. The van der Waals surface area contributed by atoms with Gasteiger partial charge in [0, 0.05) is 24.5 Å². The van der Waals surface area contributed by atoms with Crippen molar-refractivity contribution in [3.63, 3.8) is 0 Å². The molecule has 0 saturated carbocycles. The standard InChI is InChI=1S/C19H22N4O3/c1-26-17-11-14(9-10-21-17)22-19(25)16-8-7-15(18(20)24)23(16)12-13-5-3-2-4-6-13/h2-6,9-11,15-16H,7-8,12H2,1H3,(H2,20,24)(H,21,22,25)/t15-,16+/m0/s1. The maximum atomic E-state index is 12.8. The molecule has 0 bridgehead atoms. The SMILES string of the molecule is COc1cc(NC(=O)[C@H]2CC[C@@H](C(N)=O)N2Cc2ccccc2)ccn1. The summed E-state index contributed by atoms with van der Waals surface area (Å²) in [6.45, 7) is 0.492. The van der Waals surface area contributed by atoms with E-state index in [1.165, 1.54) is 7.11 Å². The van der Waals surface area contributed by atoms with Gasteiger partial charge in [0.25, 0.3) is 0 Å². The second-order valence-corrected chi connectivity index (χ2v) is 6.25. The minimum absolute atomic E-state index is 0.169. The van der Waals surface area contributed by atoms with Gasteiger partial charge in [-0.25, -0.2) is 4.98 Å². The Hall–Kier alpha value is -2.93. The monoisotopic (exact) mass is 354 g/mol. The molecule has 3 N–H and O–H groups in total. The molecule has 7 nitrogen and oxygen atoms in total. The predicted molar refractivity (Wildman–Crippen MR) is 97.4 cm³/mol. The fourth-order valence-electron chi connectivity index (χ4n) is 3.29. The molecule has 1 aliphatic rings. The van der Waals surface area contributed by atoms with Crippen LogP contribution in [0, 0.1) is 0 Å². The third-order valence-corrected chi connectivity index (χ3v) is 4.56. The van der Waals surface area contributed by atoms with Crippen LogP contribution in [0.3, 0.4) is 0 Å². The molecule has 1 saturated heterocycles. The highest BCUT2D eigenvalue weighted by Gasteiger charge is 2.40. The van der Waals surface area contributed by atoms with Crippen LogP contribution in [0.1, 0.15) is 18.4 Å². The molecule has 136 valence electrons. The lowest BCUT2D eigenvalue weighted by atomic mass is 10.1. The van der Waals surface area contributed by atoms with Gasteiger partial charge in [-0.1, -0.05) is 30.3 Å². The van der Waals surface area contributed by atoms with Gasteiger partial charge in [0.15, 0.2) is 0 Å². The maximum Gasteiger partial charge on any atom is 0.241 e. The van der Waals surface area contributed by atoms with E-state index in [1.807, 2.05) is 35.2 Å². The highest BCUT2D eigenvalue weighted by Crippen LogP contribution is 2.27. The molecule has 7 heteroatoms. The van der Waals surface area contributed by atoms with E-state index >= 15 is 0 Å². The number of ether oxygens (including phenoxy) is 1. The number of primary amides is 1. The van der Waals surface area contributed by atoms with Crippen molar-refractivity contribution in [1.82, 2.24) is 9.88 Å². The lowest BCUT2D eigenvalue weighted by Gasteiger charge is -2.28. The van der Waals surface area contributed by atoms with Crippen LogP contribution in [0.5, 0.6) is 5.88 Å². The minimum atomic E-state index is -0.446. The smallest absolute Gasteiger partial charge is 0.241 e. The lowest BCUT2D eigenvalue weighted by Crippen LogP contribution is -2.47. The predicted octanol–water partition coefficient (Wildman–Crippen LogP) is 1.55. The Balaban J connectivity index is 1.77. The van der Waals surface area contributed by atoms with Gasteiger partial charge in [0.2, 0.25) is 17.7 Å². The Morgan fingerprint density at radius 2 is 1.96 bits per heavy atom. The normalized spacial score (nSPS) is 19.9. The molecule has 0 unspecified atom stereocenters. The summed E-state index contributed by atoms with van der Waals surface area (Å²) in [5.41, 5.74) is 7.19. The van der Waals surface area contributed by atoms with Gasteiger partial charge < -0.3 is 15.8 Å². The fourth-order valence-corrected chi connectivity index (χ4v) is 3.29. The van der Waals surface area contributed by atoms with E-state index in [1.54, 1.807) is 18.3 Å². The number of rotatable bonds is 6. The number of carbonyl (C=O) groups excluding carboxylic acids is 2. The van der Waals surface area contributed by atoms with Crippen LogP contribution in [0.2, 0.25) is 0 Å². The van der Waals surface area contributed by atoms with E-state index in [4.69, 9.17) is 10.5 Å². The second-order valence-electron chi connectivity index (χ2n) is 6.25. The first-order chi connectivity index (χ1) is 12.6. The first-order valence-corrected chi connectivity index (χ1v) is 8.48. The number of likely N-dealkylation sites (tertiary alicyclic amines) is 1. The molecule has 2 amide bonds. The quantitative estimate of drug-likeness (QED) is 0.820. The number of benzene rings is 1. The summed E-state index contributed by atoms with van der Waals surface area (Å²) >= 11 is 0. The van der Waals surface area contributed by atoms with E-state index in [2.05, 4.69) is 10.3 Å². The molecule has 1 aromatic carbocycles.